The predicted octanol–water partition coefficient (Wildman–Crippen LogP) is 3.08. The Morgan fingerprint density at radius 2 is 1.71 bits per heavy atom. The van der Waals surface area contributed by atoms with Crippen LogP contribution >= 0.6 is 0 Å². The van der Waals surface area contributed by atoms with Gasteiger partial charge in [-0.3, -0.25) is 0 Å². The average Bonchev–Trinajstić information content (AvgIpc) is 2.95. The zero-order valence-corrected chi connectivity index (χ0v) is 10.3. The molecular formula is C15H20FN. The summed E-state index contributed by atoms with van der Waals surface area (Å²) in [7, 11) is 0. The Kier molecular flexibility index (Phi) is 2.70. The Morgan fingerprint density at radius 3 is 2.35 bits per heavy atom. The van der Waals surface area contributed by atoms with Crippen molar-refractivity contribution in [2.45, 2.75) is 50.4 Å². The number of fused-ring (bicyclic) bond motifs is 1. The summed E-state index contributed by atoms with van der Waals surface area (Å²) >= 11 is 0. The van der Waals surface area contributed by atoms with Crippen LogP contribution in [0.5, 0.6) is 0 Å². The van der Waals surface area contributed by atoms with E-state index in [2.05, 4.69) is 6.07 Å². The number of aryl methyl sites for hydroxylation is 2. The molecule has 3 rings (SSSR count). The maximum atomic E-state index is 14.3. The molecule has 0 atom stereocenters. The molecule has 1 aromatic rings. The van der Waals surface area contributed by atoms with Gasteiger partial charge in [-0.1, -0.05) is 18.9 Å². The number of nitrogens with two attached hydrogens (primary N) is 1. The number of hydrogen-bond acceptors (Lipinski definition) is 1. The van der Waals surface area contributed by atoms with Crippen molar-refractivity contribution in [2.24, 2.45) is 5.73 Å². The molecule has 0 spiro atoms. The number of hydrogen-bond donors (Lipinski definition) is 1. The van der Waals surface area contributed by atoms with Crippen LogP contribution in [0.1, 0.15) is 48.8 Å². The molecule has 0 radical (unpaired) electrons. The quantitative estimate of drug-likeness (QED) is 0.834. The van der Waals surface area contributed by atoms with E-state index in [-0.39, 0.29) is 11.2 Å². The van der Waals surface area contributed by atoms with E-state index in [1.807, 2.05) is 0 Å². The van der Waals surface area contributed by atoms with Gasteiger partial charge >= 0.3 is 0 Å². The van der Waals surface area contributed by atoms with Crippen LogP contribution in [0, 0.1) is 5.82 Å². The van der Waals surface area contributed by atoms with Crippen LogP contribution in [0.15, 0.2) is 12.1 Å². The first-order valence-electron chi connectivity index (χ1n) is 6.77. The lowest BCUT2D eigenvalue weighted by atomic mass is 9.78. The van der Waals surface area contributed by atoms with Crippen LogP contribution in [0.4, 0.5) is 4.39 Å². The van der Waals surface area contributed by atoms with Gasteiger partial charge in [0.2, 0.25) is 0 Å². The topological polar surface area (TPSA) is 26.0 Å². The lowest BCUT2D eigenvalue weighted by molar-refractivity contribution is 0.426. The van der Waals surface area contributed by atoms with Gasteiger partial charge < -0.3 is 5.73 Å². The lowest BCUT2D eigenvalue weighted by Gasteiger charge is -2.29. The summed E-state index contributed by atoms with van der Waals surface area (Å²) in [5, 5.41) is 0. The summed E-state index contributed by atoms with van der Waals surface area (Å²) in [6, 6.07) is 3.89. The third-order valence-corrected chi connectivity index (χ3v) is 4.70. The zero-order chi connectivity index (χ0) is 11.9. The summed E-state index contributed by atoms with van der Waals surface area (Å²) < 4.78 is 14.3. The minimum atomic E-state index is -0.0678. The van der Waals surface area contributed by atoms with E-state index >= 15 is 0 Å². The standard InChI is InChI=1S/C15H20FN/c16-14-9-12-5-3-4-11(12)8-13(14)15(10-17)6-1-2-7-15/h8-9H,1-7,10,17H2. The van der Waals surface area contributed by atoms with Crippen molar-refractivity contribution in [1.82, 2.24) is 0 Å². The molecule has 0 amide bonds. The number of halogens is 1. The number of rotatable bonds is 2. The van der Waals surface area contributed by atoms with Crippen molar-refractivity contribution < 1.29 is 4.39 Å². The first-order valence-corrected chi connectivity index (χ1v) is 6.77. The highest BCUT2D eigenvalue weighted by Crippen LogP contribution is 2.42. The molecule has 0 aliphatic heterocycles. The molecular weight excluding hydrogens is 213 g/mol. The van der Waals surface area contributed by atoms with E-state index < -0.39 is 0 Å². The minimum Gasteiger partial charge on any atom is -0.330 e. The third kappa shape index (κ3) is 1.70. The van der Waals surface area contributed by atoms with Crippen LogP contribution in [0.3, 0.4) is 0 Å². The SMILES string of the molecule is NCC1(c2cc3c(cc2F)CCC3)CCCC1. The minimum absolute atomic E-state index is 0.0157. The smallest absolute Gasteiger partial charge is 0.127 e. The van der Waals surface area contributed by atoms with E-state index in [0.29, 0.717) is 6.54 Å². The summed E-state index contributed by atoms with van der Waals surface area (Å²) in [6.07, 6.45) is 7.82. The van der Waals surface area contributed by atoms with Crippen molar-refractivity contribution in [1.29, 1.82) is 0 Å². The highest BCUT2D eigenvalue weighted by atomic mass is 19.1. The first kappa shape index (κ1) is 11.2. The highest BCUT2D eigenvalue weighted by molar-refractivity contribution is 5.40. The Morgan fingerprint density at radius 1 is 1.06 bits per heavy atom. The van der Waals surface area contributed by atoms with Crippen LogP contribution in [0.25, 0.3) is 0 Å². The van der Waals surface area contributed by atoms with Crippen molar-refractivity contribution in [3.63, 3.8) is 0 Å². The Balaban J connectivity index is 2.07. The molecule has 2 N–H and O–H groups in total. The van der Waals surface area contributed by atoms with Crippen molar-refractivity contribution in [3.8, 4) is 0 Å². The molecule has 2 heteroatoms. The fourth-order valence-electron chi connectivity index (χ4n) is 3.64. The van der Waals surface area contributed by atoms with Gasteiger partial charge in [0.15, 0.2) is 0 Å². The van der Waals surface area contributed by atoms with E-state index in [9.17, 15) is 4.39 Å². The normalized spacial score (nSPS) is 21.8. The van der Waals surface area contributed by atoms with Gasteiger partial charge in [0.25, 0.3) is 0 Å². The van der Waals surface area contributed by atoms with Gasteiger partial charge in [0.05, 0.1) is 0 Å². The molecule has 0 aromatic heterocycles. The molecule has 1 fully saturated rings. The maximum Gasteiger partial charge on any atom is 0.127 e. The molecule has 2 aliphatic rings. The second kappa shape index (κ2) is 4.09. The lowest BCUT2D eigenvalue weighted by Crippen LogP contribution is -2.33. The van der Waals surface area contributed by atoms with E-state index in [1.54, 1.807) is 6.07 Å². The van der Waals surface area contributed by atoms with Crippen LogP contribution in [0.2, 0.25) is 0 Å². The zero-order valence-electron chi connectivity index (χ0n) is 10.3. The first-order chi connectivity index (χ1) is 8.25. The van der Waals surface area contributed by atoms with Crippen molar-refractivity contribution >= 4 is 0 Å². The van der Waals surface area contributed by atoms with Gasteiger partial charge in [0, 0.05) is 12.0 Å². The molecule has 92 valence electrons. The third-order valence-electron chi connectivity index (χ3n) is 4.70. The molecule has 1 nitrogen and oxygen atoms in total. The maximum absolute atomic E-state index is 14.3. The van der Waals surface area contributed by atoms with Crippen LogP contribution < -0.4 is 5.73 Å². The van der Waals surface area contributed by atoms with Crippen LogP contribution in [-0.2, 0) is 18.3 Å². The highest BCUT2D eigenvalue weighted by Gasteiger charge is 2.37. The summed E-state index contributed by atoms with van der Waals surface area (Å²) in [5.41, 5.74) is 9.36. The monoisotopic (exact) mass is 233 g/mol. The second-order valence-electron chi connectivity index (χ2n) is 5.65. The Labute approximate surface area is 102 Å². The Bertz CT molecular complexity index is 433. The summed E-state index contributed by atoms with van der Waals surface area (Å²) in [5.74, 6) is -0.0157. The van der Waals surface area contributed by atoms with Crippen LogP contribution in [-0.4, -0.2) is 6.54 Å². The number of benzene rings is 1. The molecule has 1 aromatic carbocycles. The second-order valence-corrected chi connectivity index (χ2v) is 5.65. The summed E-state index contributed by atoms with van der Waals surface area (Å²) in [6.45, 7) is 0.586. The molecule has 1 saturated carbocycles. The van der Waals surface area contributed by atoms with Gasteiger partial charge in [-0.2, -0.15) is 0 Å². The van der Waals surface area contributed by atoms with E-state index in [0.717, 1.165) is 31.2 Å². The van der Waals surface area contributed by atoms with Gasteiger partial charge in [-0.25, -0.2) is 4.39 Å². The molecule has 0 heterocycles. The van der Waals surface area contributed by atoms with Gasteiger partial charge in [-0.15, -0.1) is 0 Å². The van der Waals surface area contributed by atoms with E-state index in [1.165, 1.54) is 30.4 Å². The van der Waals surface area contributed by atoms with Crippen molar-refractivity contribution in [3.05, 3.63) is 34.6 Å². The fourth-order valence-corrected chi connectivity index (χ4v) is 3.64. The van der Waals surface area contributed by atoms with Gasteiger partial charge in [0.1, 0.15) is 5.82 Å². The molecule has 2 aliphatic carbocycles. The largest absolute Gasteiger partial charge is 0.330 e. The molecule has 0 saturated heterocycles. The molecule has 17 heavy (non-hydrogen) atoms. The van der Waals surface area contributed by atoms with E-state index in [4.69, 9.17) is 5.73 Å². The Hall–Kier alpha value is -0.890. The summed E-state index contributed by atoms with van der Waals surface area (Å²) in [4.78, 5) is 0. The predicted molar refractivity (Wildman–Crippen MR) is 67.6 cm³/mol. The molecule has 0 unspecified atom stereocenters. The fraction of sp³-hybridized carbons (Fsp3) is 0.600. The van der Waals surface area contributed by atoms with Gasteiger partial charge in [-0.05, 0) is 54.9 Å². The van der Waals surface area contributed by atoms with Crippen molar-refractivity contribution in [2.75, 3.05) is 6.54 Å². The molecule has 0 bridgehead atoms. The average molecular weight is 233 g/mol.